The summed E-state index contributed by atoms with van der Waals surface area (Å²) in [7, 11) is 0. The third kappa shape index (κ3) is 1.97. The molecule has 3 heteroatoms. The Kier molecular flexibility index (Phi) is 2.33. The molecule has 1 aliphatic heterocycles. The van der Waals surface area contributed by atoms with Crippen molar-refractivity contribution in [3.05, 3.63) is 24.5 Å². The van der Waals surface area contributed by atoms with E-state index in [0.717, 1.165) is 24.6 Å². The Morgan fingerprint density at radius 3 is 2.73 bits per heavy atom. The molecule has 2 unspecified atom stereocenters. The lowest BCUT2D eigenvalue weighted by molar-refractivity contribution is 0.0898. The summed E-state index contributed by atoms with van der Waals surface area (Å²) in [6.07, 6.45) is 7.91. The normalized spacial score (nSPS) is 30.4. The van der Waals surface area contributed by atoms with Crippen LogP contribution in [0, 0.1) is 5.92 Å². The highest BCUT2D eigenvalue weighted by molar-refractivity contribution is 5.42. The number of nitrogens with one attached hydrogen (secondary N) is 1. The van der Waals surface area contributed by atoms with Crippen LogP contribution < -0.4 is 5.32 Å². The van der Waals surface area contributed by atoms with Gasteiger partial charge in [0.2, 0.25) is 0 Å². The Morgan fingerprint density at radius 1 is 1.20 bits per heavy atom. The molecule has 3 nitrogen and oxygen atoms in total. The minimum Gasteiger partial charge on any atom is -0.380 e. The van der Waals surface area contributed by atoms with Crippen LogP contribution in [0.25, 0.3) is 0 Å². The van der Waals surface area contributed by atoms with Crippen molar-refractivity contribution in [2.24, 2.45) is 5.92 Å². The number of nitrogens with zero attached hydrogens (tertiary/aromatic N) is 1. The highest BCUT2D eigenvalue weighted by atomic mass is 16.5. The first-order valence-electron chi connectivity index (χ1n) is 5.71. The first kappa shape index (κ1) is 9.16. The third-order valence-corrected chi connectivity index (χ3v) is 3.25. The van der Waals surface area contributed by atoms with E-state index in [9.17, 15) is 0 Å². The van der Waals surface area contributed by atoms with Crippen LogP contribution in [0.4, 0.5) is 5.69 Å². The Morgan fingerprint density at radius 2 is 2.00 bits per heavy atom. The van der Waals surface area contributed by atoms with Gasteiger partial charge < -0.3 is 10.1 Å². The number of anilines is 1. The summed E-state index contributed by atoms with van der Waals surface area (Å²) in [5.74, 6) is 0.812. The van der Waals surface area contributed by atoms with E-state index in [-0.39, 0.29) is 0 Å². The van der Waals surface area contributed by atoms with Crippen molar-refractivity contribution < 1.29 is 4.74 Å². The zero-order chi connectivity index (χ0) is 10.1. The Hall–Kier alpha value is -1.09. The van der Waals surface area contributed by atoms with Gasteiger partial charge in [-0.1, -0.05) is 0 Å². The summed E-state index contributed by atoms with van der Waals surface area (Å²) in [6.45, 7) is 0.907. The second kappa shape index (κ2) is 3.81. The molecular weight excluding hydrogens is 188 g/mol. The number of hydrogen-bond acceptors (Lipinski definition) is 3. The molecule has 15 heavy (non-hydrogen) atoms. The highest BCUT2D eigenvalue weighted by Gasteiger charge is 2.40. The topological polar surface area (TPSA) is 34.1 Å². The van der Waals surface area contributed by atoms with Crippen LogP contribution in [-0.4, -0.2) is 23.7 Å². The molecule has 2 fully saturated rings. The van der Waals surface area contributed by atoms with E-state index >= 15 is 0 Å². The van der Waals surface area contributed by atoms with E-state index in [1.54, 1.807) is 0 Å². The highest BCUT2D eigenvalue weighted by Crippen LogP contribution is 2.39. The molecule has 80 valence electrons. The number of pyridine rings is 1. The average Bonchev–Trinajstić information content (AvgIpc) is 3.02. The van der Waals surface area contributed by atoms with Crippen molar-refractivity contribution >= 4 is 5.69 Å². The molecular formula is C12H16N2O. The Bertz CT molecular complexity index is 324. The largest absolute Gasteiger partial charge is 0.380 e. The first-order valence-corrected chi connectivity index (χ1v) is 5.71. The zero-order valence-electron chi connectivity index (χ0n) is 8.73. The fourth-order valence-corrected chi connectivity index (χ4v) is 2.32. The maximum atomic E-state index is 5.78. The lowest BCUT2D eigenvalue weighted by Crippen LogP contribution is -2.30. The lowest BCUT2D eigenvalue weighted by atomic mass is 10.1. The van der Waals surface area contributed by atoms with Crippen LogP contribution in [0.2, 0.25) is 0 Å². The zero-order valence-corrected chi connectivity index (χ0v) is 8.73. The van der Waals surface area contributed by atoms with Gasteiger partial charge in [-0.15, -0.1) is 0 Å². The van der Waals surface area contributed by atoms with Crippen LogP contribution in [-0.2, 0) is 4.74 Å². The molecule has 0 aromatic carbocycles. The van der Waals surface area contributed by atoms with E-state index in [4.69, 9.17) is 4.74 Å². The van der Waals surface area contributed by atoms with Crippen LogP contribution in [0.15, 0.2) is 24.5 Å². The summed E-state index contributed by atoms with van der Waals surface area (Å²) in [6, 6.07) is 4.53. The lowest BCUT2D eigenvalue weighted by Gasteiger charge is -2.20. The molecule has 0 amide bonds. The van der Waals surface area contributed by atoms with E-state index in [2.05, 4.69) is 10.3 Å². The molecule has 0 radical (unpaired) electrons. The second-order valence-electron chi connectivity index (χ2n) is 4.45. The summed E-state index contributed by atoms with van der Waals surface area (Å²) in [4.78, 5) is 4.02. The van der Waals surface area contributed by atoms with Crippen molar-refractivity contribution in [2.45, 2.75) is 31.4 Å². The SMILES string of the molecule is c1cc(NC2CCOC2C2CC2)ccn1. The van der Waals surface area contributed by atoms with Gasteiger partial charge in [-0.25, -0.2) is 0 Å². The van der Waals surface area contributed by atoms with E-state index < -0.39 is 0 Å². The van der Waals surface area contributed by atoms with Crippen LogP contribution in [0.5, 0.6) is 0 Å². The first-order chi connectivity index (χ1) is 7.43. The molecule has 2 atom stereocenters. The molecule has 0 bridgehead atoms. The number of hydrogen-bond donors (Lipinski definition) is 1. The van der Waals surface area contributed by atoms with Crippen LogP contribution >= 0.6 is 0 Å². The van der Waals surface area contributed by atoms with Crippen LogP contribution in [0.1, 0.15) is 19.3 Å². The Balaban J connectivity index is 1.67. The van der Waals surface area contributed by atoms with Gasteiger partial charge in [0.1, 0.15) is 0 Å². The van der Waals surface area contributed by atoms with Crippen molar-refractivity contribution in [3.63, 3.8) is 0 Å². The molecule has 1 saturated heterocycles. The number of aromatic nitrogens is 1. The summed E-state index contributed by atoms with van der Waals surface area (Å²) in [5.41, 5.74) is 1.16. The fraction of sp³-hybridized carbons (Fsp3) is 0.583. The van der Waals surface area contributed by atoms with E-state index in [0.29, 0.717) is 12.1 Å². The molecule has 1 N–H and O–H groups in total. The van der Waals surface area contributed by atoms with Gasteiger partial charge in [0.25, 0.3) is 0 Å². The standard InChI is InChI=1S/C12H16N2O/c1-2-9(1)12-11(5-8-15-12)14-10-3-6-13-7-4-10/h3-4,6-7,9,11-12H,1-2,5,8H2,(H,13,14). The minimum atomic E-state index is 0.443. The Labute approximate surface area is 89.9 Å². The van der Waals surface area contributed by atoms with Crippen LogP contribution in [0.3, 0.4) is 0 Å². The van der Waals surface area contributed by atoms with E-state index in [1.807, 2.05) is 24.5 Å². The molecule has 1 aliphatic carbocycles. The number of ether oxygens (including phenoxy) is 1. The van der Waals surface area contributed by atoms with Gasteiger partial charge >= 0.3 is 0 Å². The molecule has 3 rings (SSSR count). The maximum Gasteiger partial charge on any atom is 0.0804 e. The third-order valence-electron chi connectivity index (χ3n) is 3.25. The van der Waals surface area contributed by atoms with Crippen molar-refractivity contribution in [2.75, 3.05) is 11.9 Å². The van der Waals surface area contributed by atoms with Gasteiger partial charge in [-0.3, -0.25) is 4.98 Å². The van der Waals surface area contributed by atoms with Gasteiger partial charge in [-0.2, -0.15) is 0 Å². The molecule has 2 aliphatic rings. The summed E-state index contributed by atoms with van der Waals surface area (Å²) in [5, 5.41) is 3.55. The quantitative estimate of drug-likeness (QED) is 0.818. The monoisotopic (exact) mass is 204 g/mol. The van der Waals surface area contributed by atoms with Gasteiger partial charge in [0.05, 0.1) is 12.1 Å². The summed E-state index contributed by atoms with van der Waals surface area (Å²) < 4.78 is 5.78. The van der Waals surface area contributed by atoms with Crippen molar-refractivity contribution in [1.29, 1.82) is 0 Å². The minimum absolute atomic E-state index is 0.443. The predicted molar refractivity (Wildman–Crippen MR) is 58.7 cm³/mol. The summed E-state index contributed by atoms with van der Waals surface area (Å²) >= 11 is 0. The number of rotatable bonds is 3. The predicted octanol–water partition coefficient (Wildman–Crippen LogP) is 2.06. The van der Waals surface area contributed by atoms with Gasteiger partial charge in [0, 0.05) is 24.7 Å². The smallest absolute Gasteiger partial charge is 0.0804 e. The fourth-order valence-electron chi connectivity index (χ4n) is 2.32. The molecule has 1 aromatic rings. The molecule has 1 saturated carbocycles. The second-order valence-corrected chi connectivity index (χ2v) is 4.45. The van der Waals surface area contributed by atoms with Crippen molar-refractivity contribution in [3.8, 4) is 0 Å². The molecule has 0 spiro atoms. The maximum absolute atomic E-state index is 5.78. The molecule has 2 heterocycles. The average molecular weight is 204 g/mol. The molecule has 1 aromatic heterocycles. The van der Waals surface area contributed by atoms with Crippen molar-refractivity contribution in [1.82, 2.24) is 4.98 Å². The van der Waals surface area contributed by atoms with Gasteiger partial charge in [0.15, 0.2) is 0 Å². The van der Waals surface area contributed by atoms with Gasteiger partial charge in [-0.05, 0) is 37.3 Å². The van der Waals surface area contributed by atoms with E-state index in [1.165, 1.54) is 12.8 Å².